The van der Waals surface area contributed by atoms with E-state index < -0.39 is 6.04 Å². The first kappa shape index (κ1) is 22.5. The van der Waals surface area contributed by atoms with Gasteiger partial charge in [-0.2, -0.15) is 0 Å². The van der Waals surface area contributed by atoms with Crippen LogP contribution in [0.5, 0.6) is 5.75 Å². The van der Waals surface area contributed by atoms with Crippen molar-refractivity contribution in [2.75, 3.05) is 6.61 Å². The van der Waals surface area contributed by atoms with E-state index in [2.05, 4.69) is 5.32 Å². The molecule has 5 heteroatoms. The molecule has 1 N–H and O–H groups in total. The summed E-state index contributed by atoms with van der Waals surface area (Å²) in [4.78, 5) is 27.3. The lowest BCUT2D eigenvalue weighted by Gasteiger charge is -2.30. The van der Waals surface area contributed by atoms with Crippen LogP contribution in [0.2, 0.25) is 0 Å². The lowest BCUT2D eigenvalue weighted by atomic mass is 10.1. The molecular weight excluding hydrogens is 364 g/mol. The molecule has 0 fully saturated rings. The van der Waals surface area contributed by atoms with Crippen molar-refractivity contribution in [3.63, 3.8) is 0 Å². The first-order chi connectivity index (χ1) is 13.8. The fourth-order valence-electron chi connectivity index (χ4n) is 2.88. The third kappa shape index (κ3) is 6.63. The summed E-state index contributed by atoms with van der Waals surface area (Å²) in [5.41, 5.74) is 3.22. The van der Waals surface area contributed by atoms with E-state index in [1.54, 1.807) is 11.8 Å². The first-order valence-electron chi connectivity index (χ1n) is 10.2. The molecule has 2 aromatic carbocycles. The fourth-order valence-corrected chi connectivity index (χ4v) is 2.88. The van der Waals surface area contributed by atoms with Crippen molar-refractivity contribution in [3.8, 4) is 5.75 Å². The van der Waals surface area contributed by atoms with Gasteiger partial charge >= 0.3 is 0 Å². The monoisotopic (exact) mass is 396 g/mol. The van der Waals surface area contributed by atoms with Gasteiger partial charge in [-0.05, 0) is 57.4 Å². The molecular formula is C24H32N2O3. The van der Waals surface area contributed by atoms with Gasteiger partial charge in [0.05, 0.1) is 0 Å². The maximum absolute atomic E-state index is 13.0. The SMILES string of the molecule is CC[C@@H](C)NC(=O)[C@@H](C)N(Cc1ccccc1C)C(=O)COc1ccc(C)cc1. The van der Waals surface area contributed by atoms with E-state index in [-0.39, 0.29) is 24.5 Å². The van der Waals surface area contributed by atoms with Crippen LogP contribution in [0, 0.1) is 13.8 Å². The zero-order chi connectivity index (χ0) is 21.4. The molecule has 29 heavy (non-hydrogen) atoms. The maximum Gasteiger partial charge on any atom is 0.261 e. The number of ether oxygens (including phenoxy) is 1. The van der Waals surface area contributed by atoms with Gasteiger partial charge in [0.1, 0.15) is 11.8 Å². The van der Waals surface area contributed by atoms with Crippen LogP contribution < -0.4 is 10.1 Å². The minimum Gasteiger partial charge on any atom is -0.484 e. The normalized spacial score (nSPS) is 12.7. The largest absolute Gasteiger partial charge is 0.484 e. The first-order valence-corrected chi connectivity index (χ1v) is 10.2. The Morgan fingerprint density at radius 3 is 2.31 bits per heavy atom. The minimum absolute atomic E-state index is 0.0594. The second-order valence-electron chi connectivity index (χ2n) is 7.54. The van der Waals surface area contributed by atoms with Crippen molar-refractivity contribution >= 4 is 11.8 Å². The number of rotatable bonds is 9. The summed E-state index contributed by atoms with van der Waals surface area (Å²) in [6.45, 7) is 9.98. The average molecular weight is 397 g/mol. The van der Waals surface area contributed by atoms with E-state index in [4.69, 9.17) is 4.74 Å². The quantitative estimate of drug-likeness (QED) is 0.697. The van der Waals surface area contributed by atoms with Gasteiger partial charge in [-0.15, -0.1) is 0 Å². The van der Waals surface area contributed by atoms with Crippen molar-refractivity contribution in [3.05, 3.63) is 65.2 Å². The van der Waals surface area contributed by atoms with Gasteiger partial charge in [0.25, 0.3) is 5.91 Å². The molecule has 0 heterocycles. The van der Waals surface area contributed by atoms with E-state index in [0.29, 0.717) is 12.3 Å². The number of hydrogen-bond acceptors (Lipinski definition) is 3. The molecule has 0 aliphatic carbocycles. The topological polar surface area (TPSA) is 58.6 Å². The number of carbonyl (C=O) groups excluding carboxylic acids is 2. The van der Waals surface area contributed by atoms with Crippen molar-refractivity contribution in [2.24, 2.45) is 0 Å². The highest BCUT2D eigenvalue weighted by molar-refractivity contribution is 5.88. The van der Waals surface area contributed by atoms with E-state index in [1.165, 1.54) is 0 Å². The van der Waals surface area contributed by atoms with Crippen molar-refractivity contribution < 1.29 is 14.3 Å². The van der Waals surface area contributed by atoms with E-state index in [9.17, 15) is 9.59 Å². The van der Waals surface area contributed by atoms with Crippen LogP contribution in [0.15, 0.2) is 48.5 Å². The number of nitrogens with one attached hydrogen (secondary N) is 1. The molecule has 0 saturated carbocycles. The Morgan fingerprint density at radius 1 is 1.03 bits per heavy atom. The summed E-state index contributed by atoms with van der Waals surface area (Å²) in [7, 11) is 0. The van der Waals surface area contributed by atoms with Gasteiger partial charge in [-0.3, -0.25) is 9.59 Å². The van der Waals surface area contributed by atoms with E-state index >= 15 is 0 Å². The number of nitrogens with zero attached hydrogens (tertiary/aromatic N) is 1. The summed E-state index contributed by atoms with van der Waals surface area (Å²) < 4.78 is 5.68. The zero-order valence-corrected chi connectivity index (χ0v) is 18.1. The van der Waals surface area contributed by atoms with Crippen LogP contribution >= 0.6 is 0 Å². The molecule has 0 aromatic heterocycles. The molecule has 0 unspecified atom stereocenters. The molecule has 2 amide bonds. The maximum atomic E-state index is 13.0. The molecule has 0 aliphatic rings. The average Bonchev–Trinajstić information content (AvgIpc) is 2.71. The Hall–Kier alpha value is -2.82. The molecule has 0 bridgehead atoms. The third-order valence-corrected chi connectivity index (χ3v) is 5.15. The van der Waals surface area contributed by atoms with E-state index in [1.807, 2.05) is 76.2 Å². The molecule has 2 atom stereocenters. The molecule has 2 rings (SSSR count). The van der Waals surface area contributed by atoms with Crippen LogP contribution in [0.4, 0.5) is 0 Å². The van der Waals surface area contributed by atoms with Crippen molar-refractivity contribution in [1.82, 2.24) is 10.2 Å². The summed E-state index contributed by atoms with van der Waals surface area (Å²) >= 11 is 0. The standard InChI is InChI=1S/C24H32N2O3/c1-6-19(4)25-24(28)20(5)26(15-21-10-8-7-9-18(21)3)23(27)16-29-22-13-11-17(2)12-14-22/h7-14,19-20H,6,15-16H2,1-5H3,(H,25,28)/t19-,20-/m1/s1. The van der Waals surface area contributed by atoms with Crippen LogP contribution in [0.3, 0.4) is 0 Å². The Morgan fingerprint density at radius 2 is 1.69 bits per heavy atom. The summed E-state index contributed by atoms with van der Waals surface area (Å²) in [5, 5.41) is 2.97. The second-order valence-corrected chi connectivity index (χ2v) is 7.54. The molecule has 0 saturated heterocycles. The Bertz CT molecular complexity index is 817. The van der Waals surface area contributed by atoms with Gasteiger partial charge in [-0.1, -0.05) is 48.9 Å². The Labute approximate surface area is 174 Å². The number of benzene rings is 2. The smallest absolute Gasteiger partial charge is 0.261 e. The van der Waals surface area contributed by atoms with Crippen LogP contribution in [-0.2, 0) is 16.1 Å². The van der Waals surface area contributed by atoms with Gasteiger partial charge in [-0.25, -0.2) is 0 Å². The molecule has 2 aromatic rings. The number of hydrogen-bond donors (Lipinski definition) is 1. The van der Waals surface area contributed by atoms with Crippen LogP contribution in [0.1, 0.15) is 43.9 Å². The van der Waals surface area contributed by atoms with E-state index in [0.717, 1.165) is 23.1 Å². The van der Waals surface area contributed by atoms with Crippen LogP contribution in [0.25, 0.3) is 0 Å². The Kier molecular flexibility index (Phi) is 8.25. The number of amides is 2. The number of aryl methyl sites for hydroxylation is 2. The zero-order valence-electron chi connectivity index (χ0n) is 18.1. The highest BCUT2D eigenvalue weighted by atomic mass is 16.5. The molecule has 156 valence electrons. The third-order valence-electron chi connectivity index (χ3n) is 5.15. The second kappa shape index (κ2) is 10.6. The van der Waals surface area contributed by atoms with Gasteiger partial charge < -0.3 is 15.0 Å². The van der Waals surface area contributed by atoms with Crippen LogP contribution in [-0.4, -0.2) is 35.4 Å². The molecule has 5 nitrogen and oxygen atoms in total. The predicted molar refractivity (Wildman–Crippen MR) is 116 cm³/mol. The number of carbonyl (C=O) groups is 2. The lowest BCUT2D eigenvalue weighted by Crippen LogP contribution is -2.50. The van der Waals surface area contributed by atoms with Crippen molar-refractivity contribution in [1.29, 1.82) is 0 Å². The summed E-state index contributed by atoms with van der Waals surface area (Å²) in [6.07, 6.45) is 0.834. The van der Waals surface area contributed by atoms with Gasteiger partial charge in [0.15, 0.2) is 6.61 Å². The molecule has 0 aliphatic heterocycles. The molecule has 0 spiro atoms. The van der Waals surface area contributed by atoms with Gasteiger partial charge in [0, 0.05) is 12.6 Å². The van der Waals surface area contributed by atoms with Gasteiger partial charge in [0.2, 0.25) is 5.91 Å². The highest BCUT2D eigenvalue weighted by Gasteiger charge is 2.27. The van der Waals surface area contributed by atoms with Crippen molar-refractivity contribution in [2.45, 2.75) is 59.7 Å². The highest BCUT2D eigenvalue weighted by Crippen LogP contribution is 2.16. The predicted octanol–water partition coefficient (Wildman–Crippen LogP) is 4.01. The summed E-state index contributed by atoms with van der Waals surface area (Å²) in [6, 6.07) is 14.9. The molecule has 0 radical (unpaired) electrons. The minimum atomic E-state index is -0.599. The lowest BCUT2D eigenvalue weighted by molar-refractivity contribution is -0.142. The Balaban J connectivity index is 2.15. The fraction of sp³-hybridized carbons (Fsp3) is 0.417. The summed E-state index contributed by atoms with van der Waals surface area (Å²) in [5.74, 6) is 0.258.